The molecule has 1 fully saturated rings. The Labute approximate surface area is 139 Å². The van der Waals surface area contributed by atoms with Crippen LogP contribution in [0.4, 0.5) is 5.69 Å². The standard InChI is InChI=1S/C16H18ClN5O/c1-11(2)22-9-14(19-20-22)16(23)6-7-21(10-16)15-12(8-18)4-3-5-13(15)17/h3-5,9,11,23H,6-7,10H2,1-2H3/t16-/m1/s1. The van der Waals surface area contributed by atoms with Gasteiger partial charge in [-0.1, -0.05) is 22.9 Å². The quantitative estimate of drug-likeness (QED) is 0.934. The maximum atomic E-state index is 11.0. The third-order valence-electron chi connectivity index (χ3n) is 4.19. The minimum atomic E-state index is -1.08. The maximum Gasteiger partial charge on any atom is 0.129 e. The van der Waals surface area contributed by atoms with Gasteiger partial charge in [0.2, 0.25) is 0 Å². The van der Waals surface area contributed by atoms with Gasteiger partial charge < -0.3 is 10.0 Å². The monoisotopic (exact) mass is 331 g/mol. The van der Waals surface area contributed by atoms with E-state index in [1.807, 2.05) is 18.7 Å². The Hall–Kier alpha value is -2.10. The average molecular weight is 332 g/mol. The van der Waals surface area contributed by atoms with Crippen LogP contribution in [0.25, 0.3) is 0 Å². The fourth-order valence-corrected chi connectivity index (χ4v) is 3.16. The first-order chi connectivity index (χ1) is 10.9. The van der Waals surface area contributed by atoms with Gasteiger partial charge in [0.05, 0.1) is 29.0 Å². The van der Waals surface area contributed by atoms with Gasteiger partial charge in [0.25, 0.3) is 0 Å². The third kappa shape index (κ3) is 2.78. The van der Waals surface area contributed by atoms with Gasteiger partial charge in [-0.05, 0) is 26.0 Å². The van der Waals surface area contributed by atoms with Crippen LogP contribution in [0.3, 0.4) is 0 Å². The van der Waals surface area contributed by atoms with Crippen LogP contribution >= 0.6 is 11.6 Å². The van der Waals surface area contributed by atoms with E-state index in [-0.39, 0.29) is 6.04 Å². The lowest BCUT2D eigenvalue weighted by Gasteiger charge is -2.24. The summed E-state index contributed by atoms with van der Waals surface area (Å²) in [6.07, 6.45) is 2.30. The predicted molar refractivity (Wildman–Crippen MR) is 87.3 cm³/mol. The van der Waals surface area contributed by atoms with E-state index in [0.29, 0.717) is 41.5 Å². The lowest BCUT2D eigenvalue weighted by molar-refractivity contribution is 0.0559. The number of anilines is 1. The van der Waals surface area contributed by atoms with Gasteiger partial charge in [0.15, 0.2) is 0 Å². The van der Waals surface area contributed by atoms with Crippen molar-refractivity contribution in [3.8, 4) is 6.07 Å². The number of rotatable bonds is 3. The maximum absolute atomic E-state index is 11.0. The van der Waals surface area contributed by atoms with E-state index in [9.17, 15) is 10.4 Å². The summed E-state index contributed by atoms with van der Waals surface area (Å²) in [6, 6.07) is 7.58. The van der Waals surface area contributed by atoms with E-state index in [1.54, 1.807) is 29.1 Å². The molecule has 0 amide bonds. The molecule has 2 aromatic rings. The lowest BCUT2D eigenvalue weighted by atomic mass is 10.00. The first-order valence-corrected chi connectivity index (χ1v) is 7.90. The van der Waals surface area contributed by atoms with Crippen LogP contribution in [-0.2, 0) is 5.60 Å². The third-order valence-corrected chi connectivity index (χ3v) is 4.49. The number of aromatic nitrogens is 3. The highest BCUT2D eigenvalue weighted by molar-refractivity contribution is 6.33. The van der Waals surface area contributed by atoms with Crippen LogP contribution in [0.1, 0.15) is 37.6 Å². The summed E-state index contributed by atoms with van der Waals surface area (Å²) in [6.45, 7) is 4.95. The van der Waals surface area contributed by atoms with E-state index in [1.165, 1.54) is 0 Å². The molecule has 23 heavy (non-hydrogen) atoms. The van der Waals surface area contributed by atoms with Crippen molar-refractivity contribution >= 4 is 17.3 Å². The van der Waals surface area contributed by atoms with Gasteiger partial charge in [-0.3, -0.25) is 0 Å². The van der Waals surface area contributed by atoms with Gasteiger partial charge in [-0.25, -0.2) is 4.68 Å². The number of β-amino-alcohol motifs (C(OH)–C–C–N with tert-alkyl or cyclic N) is 1. The zero-order valence-corrected chi connectivity index (χ0v) is 13.8. The van der Waals surface area contributed by atoms with Crippen LogP contribution < -0.4 is 4.90 Å². The lowest BCUT2D eigenvalue weighted by Crippen LogP contribution is -2.31. The van der Waals surface area contributed by atoms with Crippen molar-refractivity contribution in [2.45, 2.75) is 31.9 Å². The molecule has 120 valence electrons. The molecule has 7 heteroatoms. The number of para-hydroxylation sites is 1. The second-order valence-corrected chi connectivity index (χ2v) is 6.54. The Kier molecular flexibility index (Phi) is 4.00. The van der Waals surface area contributed by atoms with Crippen molar-refractivity contribution in [1.82, 2.24) is 15.0 Å². The van der Waals surface area contributed by atoms with Gasteiger partial charge in [0.1, 0.15) is 17.4 Å². The molecule has 2 heterocycles. The summed E-state index contributed by atoms with van der Waals surface area (Å²) in [7, 11) is 0. The highest BCUT2D eigenvalue weighted by Gasteiger charge is 2.41. The van der Waals surface area contributed by atoms with E-state index < -0.39 is 5.60 Å². The molecule has 1 aliphatic rings. The molecule has 3 rings (SSSR count). The zero-order valence-electron chi connectivity index (χ0n) is 13.1. The summed E-state index contributed by atoms with van der Waals surface area (Å²) in [5.41, 5.74) is 0.648. The van der Waals surface area contributed by atoms with Crippen molar-refractivity contribution in [3.63, 3.8) is 0 Å². The van der Waals surface area contributed by atoms with Crippen LogP contribution in [-0.4, -0.2) is 33.2 Å². The second kappa shape index (κ2) is 5.84. The van der Waals surface area contributed by atoms with Crippen molar-refractivity contribution < 1.29 is 5.11 Å². The molecular formula is C16H18ClN5O. The summed E-state index contributed by atoms with van der Waals surface area (Å²) in [4.78, 5) is 1.94. The average Bonchev–Trinajstić information content (AvgIpc) is 3.15. The molecule has 1 N–H and O–H groups in total. The molecule has 1 aromatic carbocycles. The molecule has 0 radical (unpaired) electrons. The van der Waals surface area contributed by atoms with Crippen molar-refractivity contribution in [2.75, 3.05) is 18.0 Å². The zero-order chi connectivity index (χ0) is 16.6. The highest BCUT2D eigenvalue weighted by atomic mass is 35.5. The van der Waals surface area contributed by atoms with Crippen molar-refractivity contribution in [3.05, 3.63) is 40.7 Å². The molecule has 0 saturated carbocycles. The number of nitriles is 1. The summed E-state index contributed by atoms with van der Waals surface area (Å²) in [5.74, 6) is 0. The minimum absolute atomic E-state index is 0.186. The number of hydrogen-bond acceptors (Lipinski definition) is 5. The number of halogens is 1. The highest BCUT2D eigenvalue weighted by Crippen LogP contribution is 2.38. The van der Waals surface area contributed by atoms with Crippen LogP contribution in [0.2, 0.25) is 5.02 Å². The molecule has 1 atom stereocenters. The minimum Gasteiger partial charge on any atom is -0.381 e. The van der Waals surface area contributed by atoms with E-state index in [2.05, 4.69) is 16.4 Å². The molecule has 0 aliphatic carbocycles. The van der Waals surface area contributed by atoms with Gasteiger partial charge >= 0.3 is 0 Å². The van der Waals surface area contributed by atoms with Crippen molar-refractivity contribution in [1.29, 1.82) is 5.26 Å². The summed E-state index contributed by atoms with van der Waals surface area (Å²) >= 11 is 6.27. The summed E-state index contributed by atoms with van der Waals surface area (Å²) < 4.78 is 1.73. The molecule has 1 saturated heterocycles. The largest absolute Gasteiger partial charge is 0.381 e. The van der Waals surface area contributed by atoms with Gasteiger partial charge in [-0.15, -0.1) is 5.10 Å². The van der Waals surface area contributed by atoms with Crippen LogP contribution in [0.15, 0.2) is 24.4 Å². The van der Waals surface area contributed by atoms with E-state index >= 15 is 0 Å². The summed E-state index contributed by atoms with van der Waals surface area (Å²) in [5, 5.41) is 29.0. The molecule has 0 spiro atoms. The van der Waals surface area contributed by atoms with Gasteiger partial charge in [0, 0.05) is 19.0 Å². The number of benzene rings is 1. The molecule has 1 aliphatic heterocycles. The molecule has 0 bridgehead atoms. The second-order valence-electron chi connectivity index (χ2n) is 6.13. The molecule has 0 unspecified atom stereocenters. The predicted octanol–water partition coefficient (Wildman–Crippen LogP) is 2.48. The Morgan fingerprint density at radius 1 is 1.43 bits per heavy atom. The molecule has 6 nitrogen and oxygen atoms in total. The Bertz CT molecular complexity index is 766. The first kappa shape index (κ1) is 15.8. The van der Waals surface area contributed by atoms with Crippen LogP contribution in [0.5, 0.6) is 0 Å². The fraction of sp³-hybridized carbons (Fsp3) is 0.438. The Balaban J connectivity index is 1.90. The van der Waals surface area contributed by atoms with E-state index in [0.717, 1.165) is 0 Å². The van der Waals surface area contributed by atoms with Gasteiger partial charge in [-0.2, -0.15) is 5.26 Å². The first-order valence-electron chi connectivity index (χ1n) is 7.53. The molecule has 1 aromatic heterocycles. The smallest absolute Gasteiger partial charge is 0.129 e. The van der Waals surface area contributed by atoms with E-state index in [4.69, 9.17) is 11.6 Å². The number of nitrogens with zero attached hydrogens (tertiary/aromatic N) is 5. The van der Waals surface area contributed by atoms with Crippen molar-refractivity contribution in [2.24, 2.45) is 0 Å². The number of aliphatic hydroxyl groups is 1. The SMILES string of the molecule is CC(C)n1cc([C@@]2(O)CCN(c3c(Cl)cccc3C#N)C2)nn1. The number of hydrogen-bond donors (Lipinski definition) is 1. The normalized spacial score (nSPS) is 21.0. The molecular weight excluding hydrogens is 314 g/mol. The Morgan fingerprint density at radius 3 is 2.87 bits per heavy atom. The topological polar surface area (TPSA) is 78.0 Å². The fourth-order valence-electron chi connectivity index (χ4n) is 2.86. The van der Waals surface area contributed by atoms with Crippen LogP contribution in [0, 0.1) is 11.3 Å². The Morgan fingerprint density at radius 2 is 2.22 bits per heavy atom.